The summed E-state index contributed by atoms with van der Waals surface area (Å²) in [6, 6.07) is -0.231. The molecule has 1 aliphatic rings. The number of hydrogen-bond donors (Lipinski definition) is 2. The first-order valence-electron chi connectivity index (χ1n) is 5.73. The van der Waals surface area contributed by atoms with Crippen LogP contribution in [-0.4, -0.2) is 57.1 Å². The summed E-state index contributed by atoms with van der Waals surface area (Å²) in [5.74, 6) is -0.117. The van der Waals surface area contributed by atoms with Gasteiger partial charge in [-0.15, -0.1) is 0 Å². The highest BCUT2D eigenvalue weighted by Gasteiger charge is 2.44. The molecule has 6 nitrogen and oxygen atoms in total. The predicted octanol–water partition coefficient (Wildman–Crippen LogP) is -0.733. The second kappa shape index (κ2) is 6.30. The average Bonchev–Trinajstić information content (AvgIpc) is 2.30. The molecule has 1 rings (SSSR count). The van der Waals surface area contributed by atoms with E-state index in [0.717, 1.165) is 0 Å². The molecule has 3 N–H and O–H groups in total. The maximum atomic E-state index is 11.2. The van der Waals surface area contributed by atoms with Gasteiger partial charge in [0.25, 0.3) is 0 Å². The Balaban J connectivity index is 2.86. The molecule has 0 aliphatic carbocycles. The van der Waals surface area contributed by atoms with Crippen LogP contribution in [0.1, 0.15) is 13.8 Å². The summed E-state index contributed by atoms with van der Waals surface area (Å²) in [6.07, 6.45) is -0.923. The number of ether oxygens (including phenoxy) is 3. The third kappa shape index (κ3) is 3.16. The molecule has 0 aromatic heterocycles. The monoisotopic (exact) mass is 246 g/mol. The zero-order chi connectivity index (χ0) is 13.0. The lowest BCUT2D eigenvalue weighted by atomic mass is 9.93. The summed E-state index contributed by atoms with van der Waals surface area (Å²) in [4.78, 5) is 11.2. The fourth-order valence-electron chi connectivity index (χ4n) is 2.31. The van der Waals surface area contributed by atoms with Crippen LogP contribution in [0.25, 0.3) is 0 Å². The molecule has 0 spiro atoms. The van der Waals surface area contributed by atoms with Crippen LogP contribution in [0.5, 0.6) is 0 Å². The Kier molecular flexibility index (Phi) is 5.32. The Hall–Kier alpha value is -0.690. The second-order valence-electron chi connectivity index (χ2n) is 4.24. The third-order valence-electron chi connectivity index (χ3n) is 3.09. The predicted molar refractivity (Wildman–Crippen MR) is 62.6 cm³/mol. The first kappa shape index (κ1) is 14.4. The van der Waals surface area contributed by atoms with E-state index in [1.807, 2.05) is 6.92 Å². The van der Waals surface area contributed by atoms with Crippen molar-refractivity contribution in [3.63, 3.8) is 0 Å². The standard InChI is InChI=1S/C11H22N2O4/c1-6-9(13-7(2)14)11(16-4)10(15-3)8(5-12)17-6/h6,8-11H,5,12H2,1-4H3,(H,13,14)/t6?,8-,9+,10+,11-/m1/s1. The molecule has 0 aromatic rings. The largest absolute Gasteiger partial charge is 0.376 e. The molecular weight excluding hydrogens is 224 g/mol. The van der Waals surface area contributed by atoms with Crippen LogP contribution in [0.2, 0.25) is 0 Å². The minimum absolute atomic E-state index is 0.117. The molecule has 6 heteroatoms. The fraction of sp³-hybridized carbons (Fsp3) is 0.909. The van der Waals surface area contributed by atoms with Gasteiger partial charge in [0.1, 0.15) is 12.2 Å². The first-order valence-corrected chi connectivity index (χ1v) is 5.73. The Bertz CT molecular complexity index is 262. The topological polar surface area (TPSA) is 82.8 Å². The van der Waals surface area contributed by atoms with Gasteiger partial charge in [0.05, 0.1) is 18.2 Å². The number of carbonyl (C=O) groups excluding carboxylic acids is 1. The van der Waals surface area contributed by atoms with Crippen LogP contribution in [0, 0.1) is 0 Å². The summed E-state index contributed by atoms with van der Waals surface area (Å²) in [7, 11) is 3.18. The lowest BCUT2D eigenvalue weighted by Crippen LogP contribution is -2.64. The van der Waals surface area contributed by atoms with E-state index in [0.29, 0.717) is 6.54 Å². The van der Waals surface area contributed by atoms with Gasteiger partial charge in [-0.1, -0.05) is 0 Å². The van der Waals surface area contributed by atoms with E-state index < -0.39 is 0 Å². The van der Waals surface area contributed by atoms with Gasteiger partial charge in [-0.2, -0.15) is 0 Å². The van der Waals surface area contributed by atoms with Gasteiger partial charge in [-0.25, -0.2) is 0 Å². The highest BCUT2D eigenvalue weighted by molar-refractivity contribution is 5.73. The number of nitrogens with one attached hydrogen (secondary N) is 1. The first-order chi connectivity index (χ1) is 8.04. The Morgan fingerprint density at radius 3 is 2.35 bits per heavy atom. The molecule has 0 aromatic carbocycles. The maximum absolute atomic E-state index is 11.2. The van der Waals surface area contributed by atoms with Gasteiger partial charge in [-0.05, 0) is 6.92 Å². The van der Waals surface area contributed by atoms with Crippen molar-refractivity contribution in [3.05, 3.63) is 0 Å². The molecule has 100 valence electrons. The van der Waals surface area contributed by atoms with Crippen molar-refractivity contribution in [2.24, 2.45) is 5.73 Å². The van der Waals surface area contributed by atoms with Gasteiger partial charge in [0.15, 0.2) is 0 Å². The van der Waals surface area contributed by atoms with Crippen LogP contribution < -0.4 is 11.1 Å². The fourth-order valence-corrected chi connectivity index (χ4v) is 2.31. The molecule has 0 saturated carbocycles. The van der Waals surface area contributed by atoms with Gasteiger partial charge in [0.2, 0.25) is 5.91 Å². The maximum Gasteiger partial charge on any atom is 0.217 e. The third-order valence-corrected chi connectivity index (χ3v) is 3.09. The van der Waals surface area contributed by atoms with Gasteiger partial charge in [-0.3, -0.25) is 4.79 Å². The number of amides is 1. The van der Waals surface area contributed by atoms with Crippen molar-refractivity contribution >= 4 is 5.91 Å². The minimum atomic E-state index is -0.280. The zero-order valence-corrected chi connectivity index (χ0v) is 10.8. The average molecular weight is 246 g/mol. The number of rotatable bonds is 4. The van der Waals surface area contributed by atoms with Crippen molar-refractivity contribution in [1.29, 1.82) is 0 Å². The highest BCUT2D eigenvalue weighted by atomic mass is 16.6. The van der Waals surface area contributed by atoms with Crippen molar-refractivity contribution in [2.75, 3.05) is 20.8 Å². The molecule has 1 amide bonds. The highest BCUT2D eigenvalue weighted by Crippen LogP contribution is 2.24. The van der Waals surface area contributed by atoms with Crippen LogP contribution >= 0.6 is 0 Å². The van der Waals surface area contributed by atoms with E-state index in [2.05, 4.69) is 5.32 Å². The number of hydrogen-bond acceptors (Lipinski definition) is 5. The van der Waals surface area contributed by atoms with Crippen LogP contribution in [0.3, 0.4) is 0 Å². The molecule has 0 radical (unpaired) electrons. The Labute approximate surface area is 102 Å². The number of carbonyl (C=O) groups is 1. The lowest BCUT2D eigenvalue weighted by Gasteiger charge is -2.44. The molecule has 5 atom stereocenters. The van der Waals surface area contributed by atoms with E-state index in [9.17, 15) is 4.79 Å². The molecule has 1 saturated heterocycles. The normalized spacial score (nSPS) is 37.8. The van der Waals surface area contributed by atoms with Crippen molar-refractivity contribution in [3.8, 4) is 0 Å². The molecule has 1 unspecified atom stereocenters. The van der Waals surface area contributed by atoms with Crippen LogP contribution in [-0.2, 0) is 19.0 Å². The SMILES string of the molecule is CO[C@@H]1[C@H](OC)[C@@H](NC(C)=O)C(C)O[C@@H]1CN. The van der Waals surface area contributed by atoms with Crippen LogP contribution in [0.4, 0.5) is 0 Å². The quantitative estimate of drug-likeness (QED) is 0.683. The van der Waals surface area contributed by atoms with Gasteiger partial charge in [0, 0.05) is 27.7 Å². The van der Waals surface area contributed by atoms with Gasteiger partial charge < -0.3 is 25.3 Å². The lowest BCUT2D eigenvalue weighted by molar-refractivity contribution is -0.194. The van der Waals surface area contributed by atoms with Crippen molar-refractivity contribution in [1.82, 2.24) is 5.32 Å². The minimum Gasteiger partial charge on any atom is -0.376 e. The molecule has 1 aliphatic heterocycles. The van der Waals surface area contributed by atoms with E-state index in [1.165, 1.54) is 6.92 Å². The summed E-state index contributed by atoms with van der Waals surface area (Å²) in [6.45, 7) is 3.72. The van der Waals surface area contributed by atoms with E-state index in [-0.39, 0.29) is 36.4 Å². The molecule has 1 heterocycles. The summed E-state index contributed by atoms with van der Waals surface area (Å²) in [5.41, 5.74) is 5.65. The van der Waals surface area contributed by atoms with Crippen molar-refractivity contribution in [2.45, 2.75) is 44.3 Å². The van der Waals surface area contributed by atoms with Crippen molar-refractivity contribution < 1.29 is 19.0 Å². The summed E-state index contributed by atoms with van der Waals surface area (Å²) < 4.78 is 16.6. The summed E-state index contributed by atoms with van der Waals surface area (Å²) >= 11 is 0. The van der Waals surface area contributed by atoms with E-state index >= 15 is 0 Å². The molecular formula is C11H22N2O4. The Morgan fingerprint density at radius 2 is 1.94 bits per heavy atom. The smallest absolute Gasteiger partial charge is 0.217 e. The van der Waals surface area contributed by atoms with E-state index in [4.69, 9.17) is 19.9 Å². The summed E-state index contributed by atoms with van der Waals surface area (Å²) in [5, 5.41) is 2.83. The number of nitrogens with two attached hydrogens (primary N) is 1. The van der Waals surface area contributed by atoms with Gasteiger partial charge >= 0.3 is 0 Å². The van der Waals surface area contributed by atoms with E-state index in [1.54, 1.807) is 14.2 Å². The second-order valence-corrected chi connectivity index (χ2v) is 4.24. The number of methoxy groups -OCH3 is 2. The molecule has 0 bridgehead atoms. The molecule has 17 heavy (non-hydrogen) atoms. The molecule has 1 fully saturated rings. The Morgan fingerprint density at radius 1 is 1.35 bits per heavy atom. The van der Waals surface area contributed by atoms with Crippen LogP contribution in [0.15, 0.2) is 0 Å². The zero-order valence-electron chi connectivity index (χ0n) is 10.8.